The summed E-state index contributed by atoms with van der Waals surface area (Å²) in [6, 6.07) is 2.57. The van der Waals surface area contributed by atoms with Gasteiger partial charge in [-0.05, 0) is 50.7 Å². The summed E-state index contributed by atoms with van der Waals surface area (Å²) in [5.74, 6) is 0.679. The Bertz CT molecular complexity index is 452. The van der Waals surface area contributed by atoms with E-state index >= 15 is 0 Å². The van der Waals surface area contributed by atoms with Crippen molar-refractivity contribution < 1.29 is 4.74 Å². The number of aryl methyl sites for hydroxylation is 1. The van der Waals surface area contributed by atoms with Gasteiger partial charge in [-0.15, -0.1) is 0 Å². The van der Waals surface area contributed by atoms with E-state index in [1.54, 1.807) is 0 Å². The molecule has 1 fully saturated rings. The monoisotopic (exact) mass is 262 g/mol. The molecular formula is C16H26N2O. The van der Waals surface area contributed by atoms with Gasteiger partial charge in [-0.3, -0.25) is 0 Å². The standard InChI is InChI=1S/C16H26N2O/c1-3-16-12(7-8-19-16)10-18-11(2)9-13-14(17)5-4-6-15(13)18/h9,12,14,16H,3-8,10,17H2,1-2H3. The highest BCUT2D eigenvalue weighted by molar-refractivity contribution is 5.32. The zero-order valence-electron chi connectivity index (χ0n) is 12.2. The van der Waals surface area contributed by atoms with Gasteiger partial charge in [-0.2, -0.15) is 0 Å². The van der Waals surface area contributed by atoms with Crippen LogP contribution in [0.3, 0.4) is 0 Å². The third-order valence-electron chi connectivity index (χ3n) is 4.94. The van der Waals surface area contributed by atoms with E-state index in [0.29, 0.717) is 12.0 Å². The lowest BCUT2D eigenvalue weighted by molar-refractivity contribution is 0.0831. The van der Waals surface area contributed by atoms with Crippen molar-refractivity contribution in [3.8, 4) is 0 Å². The minimum atomic E-state index is 0.255. The summed E-state index contributed by atoms with van der Waals surface area (Å²) in [6.45, 7) is 6.51. The minimum Gasteiger partial charge on any atom is -0.378 e. The number of ether oxygens (including phenoxy) is 1. The van der Waals surface area contributed by atoms with Crippen LogP contribution in [0, 0.1) is 12.8 Å². The van der Waals surface area contributed by atoms with Crippen LogP contribution in [0.2, 0.25) is 0 Å². The zero-order chi connectivity index (χ0) is 13.4. The van der Waals surface area contributed by atoms with Crippen LogP contribution in [0.4, 0.5) is 0 Å². The fourth-order valence-corrected chi connectivity index (χ4v) is 3.84. The maximum atomic E-state index is 6.25. The Balaban J connectivity index is 1.85. The van der Waals surface area contributed by atoms with Gasteiger partial charge in [0.05, 0.1) is 6.10 Å². The van der Waals surface area contributed by atoms with Gasteiger partial charge in [0.25, 0.3) is 0 Å². The Kier molecular flexibility index (Phi) is 3.68. The first-order valence-corrected chi connectivity index (χ1v) is 7.76. The Hall–Kier alpha value is -0.800. The van der Waals surface area contributed by atoms with Gasteiger partial charge >= 0.3 is 0 Å². The second-order valence-corrected chi connectivity index (χ2v) is 6.16. The Morgan fingerprint density at radius 2 is 2.26 bits per heavy atom. The van der Waals surface area contributed by atoms with Crippen molar-refractivity contribution in [2.45, 2.75) is 64.6 Å². The highest BCUT2D eigenvalue weighted by Gasteiger charge is 2.29. The van der Waals surface area contributed by atoms with Crippen LogP contribution in [0.1, 0.15) is 55.6 Å². The second kappa shape index (κ2) is 5.29. The molecule has 3 heteroatoms. The van der Waals surface area contributed by atoms with E-state index in [2.05, 4.69) is 24.5 Å². The molecule has 2 aliphatic rings. The Morgan fingerprint density at radius 3 is 3.05 bits per heavy atom. The van der Waals surface area contributed by atoms with Crippen LogP contribution in [0.5, 0.6) is 0 Å². The van der Waals surface area contributed by atoms with Gasteiger partial charge < -0.3 is 15.0 Å². The molecule has 3 unspecified atom stereocenters. The van der Waals surface area contributed by atoms with Crippen LogP contribution >= 0.6 is 0 Å². The van der Waals surface area contributed by atoms with Crippen molar-refractivity contribution in [1.29, 1.82) is 0 Å². The van der Waals surface area contributed by atoms with Gasteiger partial charge in [0.2, 0.25) is 0 Å². The van der Waals surface area contributed by atoms with Crippen LogP contribution in [0.15, 0.2) is 6.07 Å². The number of hydrogen-bond donors (Lipinski definition) is 1. The van der Waals surface area contributed by atoms with E-state index < -0.39 is 0 Å². The van der Waals surface area contributed by atoms with E-state index in [4.69, 9.17) is 10.5 Å². The summed E-state index contributed by atoms with van der Waals surface area (Å²) in [7, 11) is 0. The quantitative estimate of drug-likeness (QED) is 0.909. The lowest BCUT2D eigenvalue weighted by Gasteiger charge is -2.24. The average Bonchev–Trinajstić information content (AvgIpc) is 2.97. The maximum absolute atomic E-state index is 6.25. The number of aromatic nitrogens is 1. The second-order valence-electron chi connectivity index (χ2n) is 6.16. The van der Waals surface area contributed by atoms with E-state index in [-0.39, 0.29) is 6.04 Å². The number of rotatable bonds is 3. The molecule has 1 aliphatic heterocycles. The summed E-state index contributed by atoms with van der Waals surface area (Å²) >= 11 is 0. The van der Waals surface area contributed by atoms with Gasteiger partial charge in [0.1, 0.15) is 0 Å². The zero-order valence-corrected chi connectivity index (χ0v) is 12.2. The maximum Gasteiger partial charge on any atom is 0.0618 e. The first-order valence-electron chi connectivity index (χ1n) is 7.76. The van der Waals surface area contributed by atoms with Gasteiger partial charge in [-0.1, -0.05) is 6.92 Å². The largest absolute Gasteiger partial charge is 0.378 e. The molecule has 2 heterocycles. The summed E-state index contributed by atoms with van der Waals surface area (Å²) in [6.07, 6.45) is 6.36. The molecular weight excluding hydrogens is 236 g/mol. The van der Waals surface area contributed by atoms with Crippen LogP contribution in [-0.2, 0) is 17.7 Å². The molecule has 1 aromatic rings. The molecule has 0 amide bonds. The SMILES string of the molecule is CCC1OCCC1Cn1c(C)cc2c1CCCC2N. The molecule has 0 saturated carbocycles. The number of hydrogen-bond acceptors (Lipinski definition) is 2. The first-order chi connectivity index (χ1) is 9.20. The lowest BCUT2D eigenvalue weighted by Crippen LogP contribution is -2.24. The molecule has 3 rings (SSSR count). The molecule has 0 spiro atoms. The van der Waals surface area contributed by atoms with Crippen molar-refractivity contribution in [1.82, 2.24) is 4.57 Å². The Labute approximate surface area is 116 Å². The molecule has 3 nitrogen and oxygen atoms in total. The Morgan fingerprint density at radius 1 is 1.42 bits per heavy atom. The molecule has 1 aromatic heterocycles. The predicted molar refractivity (Wildman–Crippen MR) is 77.2 cm³/mol. The fourth-order valence-electron chi connectivity index (χ4n) is 3.84. The number of nitrogens with two attached hydrogens (primary N) is 1. The molecule has 0 aromatic carbocycles. The molecule has 2 N–H and O–H groups in total. The summed E-state index contributed by atoms with van der Waals surface area (Å²) in [4.78, 5) is 0. The number of fused-ring (bicyclic) bond motifs is 1. The lowest BCUT2D eigenvalue weighted by atomic mass is 9.93. The number of nitrogens with zero attached hydrogens (tertiary/aromatic N) is 1. The van der Waals surface area contributed by atoms with Gasteiger partial charge in [0, 0.05) is 36.5 Å². The summed E-state index contributed by atoms with van der Waals surface area (Å²) in [5, 5.41) is 0. The van der Waals surface area contributed by atoms with E-state index in [0.717, 1.165) is 26.0 Å². The molecule has 3 atom stereocenters. The molecule has 19 heavy (non-hydrogen) atoms. The van der Waals surface area contributed by atoms with E-state index in [1.807, 2.05) is 0 Å². The van der Waals surface area contributed by atoms with E-state index in [9.17, 15) is 0 Å². The third kappa shape index (κ3) is 2.34. The smallest absolute Gasteiger partial charge is 0.0618 e. The first kappa shape index (κ1) is 13.2. The van der Waals surface area contributed by atoms with Crippen molar-refractivity contribution in [2.75, 3.05) is 6.61 Å². The van der Waals surface area contributed by atoms with Crippen molar-refractivity contribution in [3.05, 3.63) is 23.0 Å². The van der Waals surface area contributed by atoms with Crippen LogP contribution in [0.25, 0.3) is 0 Å². The van der Waals surface area contributed by atoms with Crippen molar-refractivity contribution in [2.24, 2.45) is 11.7 Å². The fraction of sp³-hybridized carbons (Fsp3) is 0.750. The highest BCUT2D eigenvalue weighted by Crippen LogP contribution is 2.33. The average molecular weight is 262 g/mol. The molecule has 1 saturated heterocycles. The van der Waals surface area contributed by atoms with Gasteiger partial charge in [0.15, 0.2) is 0 Å². The highest BCUT2D eigenvalue weighted by atomic mass is 16.5. The third-order valence-corrected chi connectivity index (χ3v) is 4.94. The van der Waals surface area contributed by atoms with Crippen molar-refractivity contribution >= 4 is 0 Å². The molecule has 106 valence electrons. The normalized spacial score (nSPS) is 30.6. The molecule has 0 radical (unpaired) electrons. The minimum absolute atomic E-state index is 0.255. The van der Waals surface area contributed by atoms with Gasteiger partial charge in [-0.25, -0.2) is 0 Å². The summed E-state index contributed by atoms with van der Waals surface area (Å²) < 4.78 is 8.35. The summed E-state index contributed by atoms with van der Waals surface area (Å²) in [5.41, 5.74) is 10.5. The molecule has 0 bridgehead atoms. The van der Waals surface area contributed by atoms with Crippen molar-refractivity contribution in [3.63, 3.8) is 0 Å². The predicted octanol–water partition coefficient (Wildman–Crippen LogP) is 2.95. The topological polar surface area (TPSA) is 40.2 Å². The van der Waals surface area contributed by atoms with E-state index in [1.165, 1.54) is 36.2 Å². The molecule has 1 aliphatic carbocycles. The van der Waals surface area contributed by atoms with Crippen LogP contribution in [-0.4, -0.2) is 17.3 Å². The van der Waals surface area contributed by atoms with Crippen LogP contribution < -0.4 is 5.73 Å².